The normalized spacial score (nSPS) is 14.3. The van der Waals surface area contributed by atoms with Gasteiger partial charge in [0.25, 0.3) is 5.91 Å². The summed E-state index contributed by atoms with van der Waals surface area (Å²) < 4.78 is 0. The summed E-state index contributed by atoms with van der Waals surface area (Å²) in [7, 11) is 0. The van der Waals surface area contributed by atoms with Gasteiger partial charge in [-0.1, -0.05) is 24.3 Å². The first kappa shape index (κ1) is 11.3. The van der Waals surface area contributed by atoms with Crippen molar-refractivity contribution in [1.82, 2.24) is 4.90 Å². The van der Waals surface area contributed by atoms with Crippen LogP contribution in [0, 0.1) is 0 Å². The van der Waals surface area contributed by atoms with E-state index in [4.69, 9.17) is 5.73 Å². The van der Waals surface area contributed by atoms with Crippen LogP contribution in [0.15, 0.2) is 35.7 Å². The SMILES string of the molecule is Nc1sccc1C(=O)N1CCc2ccccc2C1. The standard InChI is InChI=1S/C14H14N2OS/c15-13-12(6-8-18-13)14(17)16-7-5-10-3-1-2-4-11(10)9-16/h1-4,6,8H,5,7,9,15H2. The third-order valence-electron chi connectivity index (χ3n) is 3.34. The molecule has 1 amide bonds. The number of nitrogens with two attached hydrogens (primary N) is 1. The number of nitrogen functional groups attached to an aromatic ring is 1. The summed E-state index contributed by atoms with van der Waals surface area (Å²) in [5.74, 6) is 0.0447. The van der Waals surface area contributed by atoms with Gasteiger partial charge in [-0.3, -0.25) is 4.79 Å². The summed E-state index contributed by atoms with van der Waals surface area (Å²) in [6, 6.07) is 10.1. The first-order valence-corrected chi connectivity index (χ1v) is 6.82. The van der Waals surface area contributed by atoms with Crippen LogP contribution in [0.5, 0.6) is 0 Å². The van der Waals surface area contributed by atoms with Crippen LogP contribution in [0.4, 0.5) is 5.00 Å². The number of carbonyl (C=O) groups is 1. The van der Waals surface area contributed by atoms with Crippen molar-refractivity contribution in [1.29, 1.82) is 0 Å². The molecule has 18 heavy (non-hydrogen) atoms. The van der Waals surface area contributed by atoms with Gasteiger partial charge in [0, 0.05) is 13.1 Å². The Morgan fingerprint density at radius 3 is 2.72 bits per heavy atom. The van der Waals surface area contributed by atoms with Crippen molar-refractivity contribution in [3.05, 3.63) is 52.4 Å². The Bertz CT molecular complexity index is 591. The molecular weight excluding hydrogens is 244 g/mol. The maximum Gasteiger partial charge on any atom is 0.257 e. The van der Waals surface area contributed by atoms with E-state index in [1.54, 1.807) is 0 Å². The first-order valence-electron chi connectivity index (χ1n) is 5.95. The Kier molecular flexibility index (Phi) is 2.80. The number of carbonyl (C=O) groups excluding carboxylic acids is 1. The molecule has 1 aromatic carbocycles. The average Bonchev–Trinajstić information content (AvgIpc) is 2.83. The van der Waals surface area contributed by atoms with Crippen LogP contribution in [0.1, 0.15) is 21.5 Å². The molecule has 1 aliphatic rings. The first-order chi connectivity index (χ1) is 8.75. The van der Waals surface area contributed by atoms with Crippen LogP contribution in [-0.2, 0) is 13.0 Å². The van der Waals surface area contributed by atoms with E-state index in [0.29, 0.717) is 17.1 Å². The zero-order valence-electron chi connectivity index (χ0n) is 9.93. The topological polar surface area (TPSA) is 46.3 Å². The minimum absolute atomic E-state index is 0.0447. The van der Waals surface area contributed by atoms with Crippen LogP contribution in [0.3, 0.4) is 0 Å². The number of amides is 1. The number of thiophene rings is 1. The number of benzene rings is 1. The lowest BCUT2D eigenvalue weighted by atomic mass is 9.99. The van der Waals surface area contributed by atoms with Crippen LogP contribution < -0.4 is 5.73 Å². The molecule has 0 spiro atoms. The molecule has 2 aromatic rings. The third-order valence-corrected chi connectivity index (χ3v) is 4.09. The van der Waals surface area contributed by atoms with E-state index in [1.807, 2.05) is 28.5 Å². The second-order valence-electron chi connectivity index (χ2n) is 4.44. The fraction of sp³-hybridized carbons (Fsp3) is 0.214. The van der Waals surface area contributed by atoms with Crippen LogP contribution >= 0.6 is 11.3 Å². The third kappa shape index (κ3) is 1.88. The lowest BCUT2D eigenvalue weighted by Crippen LogP contribution is -2.36. The molecule has 3 rings (SSSR count). The van der Waals surface area contributed by atoms with Crippen molar-refractivity contribution >= 4 is 22.2 Å². The largest absolute Gasteiger partial charge is 0.390 e. The number of rotatable bonds is 1. The fourth-order valence-electron chi connectivity index (χ4n) is 2.34. The monoisotopic (exact) mass is 258 g/mol. The highest BCUT2D eigenvalue weighted by molar-refractivity contribution is 7.14. The van der Waals surface area contributed by atoms with Gasteiger partial charge >= 0.3 is 0 Å². The molecule has 0 unspecified atom stereocenters. The number of anilines is 1. The van der Waals surface area contributed by atoms with Gasteiger partial charge in [-0.15, -0.1) is 11.3 Å². The zero-order valence-corrected chi connectivity index (χ0v) is 10.7. The van der Waals surface area contributed by atoms with E-state index in [2.05, 4.69) is 12.1 Å². The molecule has 0 bridgehead atoms. The summed E-state index contributed by atoms with van der Waals surface area (Å²) in [4.78, 5) is 14.2. The molecule has 0 aliphatic carbocycles. The van der Waals surface area contributed by atoms with Crippen molar-refractivity contribution in [3.8, 4) is 0 Å². The molecule has 3 nitrogen and oxygen atoms in total. The molecule has 0 saturated carbocycles. The van der Waals surface area contributed by atoms with E-state index < -0.39 is 0 Å². The van der Waals surface area contributed by atoms with E-state index in [9.17, 15) is 4.79 Å². The van der Waals surface area contributed by atoms with E-state index in [0.717, 1.165) is 13.0 Å². The molecule has 92 valence electrons. The predicted molar refractivity (Wildman–Crippen MR) is 73.6 cm³/mol. The van der Waals surface area contributed by atoms with Crippen molar-refractivity contribution in [2.24, 2.45) is 0 Å². The van der Waals surface area contributed by atoms with Crippen LogP contribution in [0.2, 0.25) is 0 Å². The fourth-order valence-corrected chi connectivity index (χ4v) is 2.97. The minimum Gasteiger partial charge on any atom is -0.390 e. The van der Waals surface area contributed by atoms with Gasteiger partial charge < -0.3 is 10.6 Å². The number of hydrogen-bond acceptors (Lipinski definition) is 3. The Balaban J connectivity index is 1.84. The predicted octanol–water partition coefficient (Wildman–Crippen LogP) is 2.53. The number of nitrogens with zero attached hydrogens (tertiary/aromatic N) is 1. The molecule has 0 radical (unpaired) electrons. The lowest BCUT2D eigenvalue weighted by Gasteiger charge is -2.28. The van der Waals surface area contributed by atoms with Gasteiger partial charge in [0.1, 0.15) is 0 Å². The molecule has 4 heteroatoms. The summed E-state index contributed by atoms with van der Waals surface area (Å²) >= 11 is 1.41. The molecule has 2 N–H and O–H groups in total. The smallest absolute Gasteiger partial charge is 0.257 e. The molecule has 1 aliphatic heterocycles. The number of fused-ring (bicyclic) bond motifs is 1. The van der Waals surface area contributed by atoms with Gasteiger partial charge in [-0.25, -0.2) is 0 Å². The Morgan fingerprint density at radius 1 is 1.22 bits per heavy atom. The van der Waals surface area contributed by atoms with Crippen LogP contribution in [0.25, 0.3) is 0 Å². The average molecular weight is 258 g/mol. The van der Waals surface area contributed by atoms with Crippen molar-refractivity contribution in [2.45, 2.75) is 13.0 Å². The van der Waals surface area contributed by atoms with Crippen molar-refractivity contribution in [2.75, 3.05) is 12.3 Å². The van der Waals surface area contributed by atoms with Gasteiger partial charge in [0.2, 0.25) is 0 Å². The molecule has 2 heterocycles. The maximum absolute atomic E-state index is 12.3. The molecular formula is C14H14N2OS. The highest BCUT2D eigenvalue weighted by Gasteiger charge is 2.23. The van der Waals surface area contributed by atoms with Gasteiger partial charge in [0.05, 0.1) is 10.6 Å². The van der Waals surface area contributed by atoms with Gasteiger partial charge in [-0.05, 0) is 29.0 Å². The van der Waals surface area contributed by atoms with Gasteiger partial charge in [0.15, 0.2) is 0 Å². The van der Waals surface area contributed by atoms with E-state index >= 15 is 0 Å². The molecule has 0 saturated heterocycles. The summed E-state index contributed by atoms with van der Waals surface area (Å²) in [6.07, 6.45) is 0.923. The highest BCUT2D eigenvalue weighted by Crippen LogP contribution is 2.24. The van der Waals surface area contributed by atoms with Crippen LogP contribution in [-0.4, -0.2) is 17.4 Å². The second kappa shape index (κ2) is 4.46. The maximum atomic E-state index is 12.3. The molecule has 1 aromatic heterocycles. The van der Waals surface area contributed by atoms with Gasteiger partial charge in [-0.2, -0.15) is 0 Å². The van der Waals surface area contributed by atoms with E-state index in [-0.39, 0.29) is 5.91 Å². The summed E-state index contributed by atoms with van der Waals surface area (Å²) in [6.45, 7) is 1.45. The highest BCUT2D eigenvalue weighted by atomic mass is 32.1. The summed E-state index contributed by atoms with van der Waals surface area (Å²) in [5, 5.41) is 2.47. The second-order valence-corrected chi connectivity index (χ2v) is 5.39. The van der Waals surface area contributed by atoms with Crippen molar-refractivity contribution in [3.63, 3.8) is 0 Å². The van der Waals surface area contributed by atoms with Crippen molar-refractivity contribution < 1.29 is 4.79 Å². The summed E-state index contributed by atoms with van der Waals surface area (Å²) in [5.41, 5.74) is 9.04. The molecule has 0 atom stereocenters. The minimum atomic E-state index is 0.0447. The van der Waals surface area contributed by atoms with E-state index in [1.165, 1.54) is 22.5 Å². The Labute approximate surface area is 110 Å². The zero-order chi connectivity index (χ0) is 12.5. The molecule has 0 fully saturated rings. The Hall–Kier alpha value is -1.81. The number of hydrogen-bond donors (Lipinski definition) is 1. The quantitative estimate of drug-likeness (QED) is 0.854. The Morgan fingerprint density at radius 2 is 2.00 bits per heavy atom. The lowest BCUT2D eigenvalue weighted by molar-refractivity contribution is 0.0736.